The number of fused-ring (bicyclic) bond motifs is 2. The predicted molar refractivity (Wildman–Crippen MR) is 106 cm³/mol. The number of ketones is 1. The first kappa shape index (κ1) is 17.8. The van der Waals surface area contributed by atoms with Gasteiger partial charge in [-0.2, -0.15) is 0 Å². The van der Waals surface area contributed by atoms with Crippen molar-refractivity contribution < 1.29 is 14.6 Å². The van der Waals surface area contributed by atoms with Crippen molar-refractivity contribution in [2.24, 2.45) is 0 Å². The van der Waals surface area contributed by atoms with E-state index in [9.17, 15) is 9.90 Å². The number of hydrogen-bond acceptors (Lipinski definition) is 4. The summed E-state index contributed by atoms with van der Waals surface area (Å²) < 4.78 is 5.31. The third-order valence-electron chi connectivity index (χ3n) is 6.11. The molecule has 4 rings (SSSR count). The Balaban J connectivity index is 1.72. The molecule has 2 fully saturated rings. The SMILES string of the molecule is COc1cccc(/C=C2/C(=O)C[C@@]3(c4cccc(O)c4)CCN(C)[C@H]2C3)c1. The summed E-state index contributed by atoms with van der Waals surface area (Å²) in [6, 6.07) is 15.3. The zero-order valence-electron chi connectivity index (χ0n) is 15.8. The van der Waals surface area contributed by atoms with Crippen LogP contribution < -0.4 is 4.74 Å². The molecule has 4 heteroatoms. The van der Waals surface area contributed by atoms with E-state index in [2.05, 4.69) is 11.9 Å². The van der Waals surface area contributed by atoms with Crippen LogP contribution in [0.25, 0.3) is 6.08 Å². The van der Waals surface area contributed by atoms with Crippen LogP contribution in [0.1, 0.15) is 30.4 Å². The lowest BCUT2D eigenvalue weighted by atomic mass is 9.61. The number of aromatic hydroxyl groups is 1. The van der Waals surface area contributed by atoms with Gasteiger partial charge in [0.05, 0.1) is 7.11 Å². The molecule has 0 radical (unpaired) electrons. The van der Waals surface area contributed by atoms with Crippen molar-refractivity contribution in [2.75, 3.05) is 20.7 Å². The Bertz CT molecular complexity index is 904. The molecule has 140 valence electrons. The van der Waals surface area contributed by atoms with E-state index in [4.69, 9.17) is 4.74 Å². The van der Waals surface area contributed by atoms with Crippen LogP contribution in [0.5, 0.6) is 11.5 Å². The Kier molecular flexibility index (Phi) is 4.52. The molecule has 4 nitrogen and oxygen atoms in total. The van der Waals surface area contributed by atoms with Crippen molar-refractivity contribution in [1.82, 2.24) is 4.90 Å². The minimum atomic E-state index is -0.182. The van der Waals surface area contributed by atoms with Crippen molar-refractivity contribution in [3.8, 4) is 11.5 Å². The van der Waals surface area contributed by atoms with Crippen LogP contribution >= 0.6 is 0 Å². The number of piperidine rings is 1. The average molecular weight is 363 g/mol. The number of hydrogen-bond donors (Lipinski definition) is 1. The Morgan fingerprint density at radius 1 is 1.22 bits per heavy atom. The topological polar surface area (TPSA) is 49.8 Å². The van der Waals surface area contributed by atoms with E-state index in [1.807, 2.05) is 48.5 Å². The lowest BCUT2D eigenvalue weighted by molar-refractivity contribution is -0.120. The van der Waals surface area contributed by atoms with Crippen molar-refractivity contribution in [3.05, 3.63) is 65.2 Å². The lowest BCUT2D eigenvalue weighted by Gasteiger charge is -2.50. The molecule has 2 atom stereocenters. The minimum absolute atomic E-state index is 0.0912. The summed E-state index contributed by atoms with van der Waals surface area (Å²) in [4.78, 5) is 15.5. The highest BCUT2D eigenvalue weighted by atomic mass is 16.5. The number of carbonyl (C=O) groups excluding carboxylic acids is 1. The number of carbonyl (C=O) groups is 1. The molecule has 1 saturated heterocycles. The fraction of sp³-hybridized carbons (Fsp3) is 0.348. The standard InChI is InChI=1S/C23H25NO3/c1-24-10-9-23(17-6-4-7-18(25)13-17)14-21(24)20(22(26)15-23)12-16-5-3-8-19(11-16)27-2/h3-8,11-13,21,25H,9-10,14-15H2,1-2H3/b20-12+/t21-,23+/m0/s1. The van der Waals surface area contributed by atoms with Gasteiger partial charge in [0.25, 0.3) is 0 Å². The summed E-state index contributed by atoms with van der Waals surface area (Å²) >= 11 is 0. The first-order valence-electron chi connectivity index (χ1n) is 9.39. The van der Waals surface area contributed by atoms with Gasteiger partial charge in [-0.3, -0.25) is 9.69 Å². The maximum Gasteiger partial charge on any atom is 0.161 e. The molecule has 1 aliphatic carbocycles. The number of likely N-dealkylation sites (N-methyl/N-ethyl adjacent to an activating group) is 1. The maximum absolute atomic E-state index is 13.2. The highest BCUT2D eigenvalue weighted by Gasteiger charge is 2.48. The fourth-order valence-electron chi connectivity index (χ4n) is 4.56. The summed E-state index contributed by atoms with van der Waals surface area (Å²) in [5.74, 6) is 1.25. The number of phenols is 1. The quantitative estimate of drug-likeness (QED) is 0.843. The smallest absolute Gasteiger partial charge is 0.161 e. The van der Waals surface area contributed by atoms with Crippen LogP contribution in [0.4, 0.5) is 0 Å². The Morgan fingerprint density at radius 3 is 2.81 bits per heavy atom. The van der Waals surface area contributed by atoms with E-state index in [-0.39, 0.29) is 23.0 Å². The second-order valence-electron chi connectivity index (χ2n) is 7.76. The minimum Gasteiger partial charge on any atom is -0.508 e. The average Bonchev–Trinajstić information content (AvgIpc) is 2.68. The predicted octanol–water partition coefficient (Wildman–Crippen LogP) is 3.79. The number of methoxy groups -OCH3 is 1. The highest BCUT2D eigenvalue weighted by molar-refractivity contribution is 6.02. The summed E-state index contributed by atoms with van der Waals surface area (Å²) in [6.45, 7) is 0.934. The molecule has 1 N–H and O–H groups in total. The lowest BCUT2D eigenvalue weighted by Crippen LogP contribution is -2.53. The molecule has 1 saturated carbocycles. The van der Waals surface area contributed by atoms with E-state index in [1.165, 1.54) is 0 Å². The second-order valence-corrected chi connectivity index (χ2v) is 7.76. The molecule has 0 aromatic heterocycles. The largest absolute Gasteiger partial charge is 0.508 e. The Hall–Kier alpha value is -2.59. The fourth-order valence-corrected chi connectivity index (χ4v) is 4.56. The van der Waals surface area contributed by atoms with Gasteiger partial charge < -0.3 is 9.84 Å². The van der Waals surface area contributed by atoms with E-state index in [1.54, 1.807) is 13.2 Å². The molecular weight excluding hydrogens is 338 g/mol. The summed E-state index contributed by atoms with van der Waals surface area (Å²) in [5.41, 5.74) is 2.76. The Labute approximate surface area is 160 Å². The molecule has 2 aromatic carbocycles. The number of likely N-dealkylation sites (tertiary alicyclic amines) is 1. The molecule has 2 bridgehead atoms. The first-order chi connectivity index (χ1) is 13.0. The zero-order chi connectivity index (χ0) is 19.0. The van der Waals surface area contributed by atoms with Crippen LogP contribution in [0.3, 0.4) is 0 Å². The number of ether oxygens (including phenoxy) is 1. The van der Waals surface area contributed by atoms with Crippen molar-refractivity contribution in [1.29, 1.82) is 0 Å². The first-order valence-corrected chi connectivity index (χ1v) is 9.39. The summed E-state index contributed by atoms with van der Waals surface area (Å²) in [6.07, 6.45) is 4.34. The van der Waals surface area contributed by atoms with E-state index < -0.39 is 0 Å². The van der Waals surface area contributed by atoms with Gasteiger partial charge >= 0.3 is 0 Å². The van der Waals surface area contributed by atoms with Crippen LogP contribution in [0.2, 0.25) is 0 Å². The van der Waals surface area contributed by atoms with Crippen molar-refractivity contribution in [2.45, 2.75) is 30.7 Å². The van der Waals surface area contributed by atoms with Gasteiger partial charge in [-0.25, -0.2) is 0 Å². The number of phenolic OH excluding ortho intramolecular Hbond substituents is 1. The normalized spacial score (nSPS) is 27.0. The highest BCUT2D eigenvalue weighted by Crippen LogP contribution is 2.48. The van der Waals surface area contributed by atoms with Crippen molar-refractivity contribution in [3.63, 3.8) is 0 Å². The van der Waals surface area contributed by atoms with Gasteiger partial charge in [0, 0.05) is 23.5 Å². The van der Waals surface area contributed by atoms with Crippen LogP contribution in [0.15, 0.2) is 54.1 Å². The zero-order valence-corrected chi connectivity index (χ0v) is 15.8. The van der Waals surface area contributed by atoms with E-state index >= 15 is 0 Å². The summed E-state index contributed by atoms with van der Waals surface area (Å²) in [5, 5.41) is 9.93. The molecule has 1 heterocycles. The monoisotopic (exact) mass is 363 g/mol. The molecule has 2 aromatic rings. The van der Waals surface area contributed by atoms with Gasteiger partial charge in [-0.05, 0) is 67.9 Å². The van der Waals surface area contributed by atoms with E-state index in [0.717, 1.165) is 41.8 Å². The molecular formula is C23H25NO3. The van der Waals surface area contributed by atoms with E-state index in [0.29, 0.717) is 6.42 Å². The van der Waals surface area contributed by atoms with Crippen LogP contribution in [-0.2, 0) is 10.2 Å². The van der Waals surface area contributed by atoms with Gasteiger partial charge in [0.1, 0.15) is 11.5 Å². The number of benzene rings is 2. The van der Waals surface area contributed by atoms with Gasteiger partial charge in [-0.1, -0.05) is 24.3 Å². The van der Waals surface area contributed by atoms with Gasteiger partial charge in [0.15, 0.2) is 5.78 Å². The molecule has 27 heavy (non-hydrogen) atoms. The maximum atomic E-state index is 13.2. The van der Waals surface area contributed by atoms with Crippen molar-refractivity contribution >= 4 is 11.9 Å². The molecule has 0 amide bonds. The van der Waals surface area contributed by atoms with Gasteiger partial charge in [0.2, 0.25) is 0 Å². The molecule has 0 spiro atoms. The van der Waals surface area contributed by atoms with Gasteiger partial charge in [-0.15, -0.1) is 0 Å². The Morgan fingerprint density at radius 2 is 2.04 bits per heavy atom. The summed E-state index contributed by atoms with van der Waals surface area (Å²) in [7, 11) is 3.74. The number of nitrogens with zero attached hydrogens (tertiary/aromatic N) is 1. The number of Topliss-reactive ketones (excluding diaryl/α,β-unsaturated/α-hetero) is 1. The van der Waals surface area contributed by atoms with Crippen LogP contribution in [-0.4, -0.2) is 42.5 Å². The number of rotatable bonds is 3. The molecule has 1 aliphatic heterocycles. The second kappa shape index (κ2) is 6.86. The molecule has 2 aliphatic rings. The third-order valence-corrected chi connectivity index (χ3v) is 6.11. The molecule has 0 unspecified atom stereocenters. The third kappa shape index (κ3) is 3.26. The van der Waals surface area contributed by atoms with Crippen LogP contribution in [0, 0.1) is 0 Å².